The van der Waals surface area contributed by atoms with E-state index in [4.69, 9.17) is 16.6 Å². The maximum absolute atomic E-state index is 5.91. The van der Waals surface area contributed by atoms with Crippen LogP contribution in [0.4, 0.5) is 5.82 Å². The first-order valence-corrected chi connectivity index (χ1v) is 10.7. The molecule has 1 aliphatic rings. The van der Waals surface area contributed by atoms with Crippen LogP contribution in [0.3, 0.4) is 0 Å². The van der Waals surface area contributed by atoms with Crippen LogP contribution in [0.2, 0.25) is 5.02 Å². The third-order valence-electron chi connectivity index (χ3n) is 4.70. The number of pyridine rings is 1. The number of anilines is 1. The molecular weight excluding hydrogens is 390 g/mol. The van der Waals surface area contributed by atoms with Crippen LogP contribution < -0.4 is 4.90 Å². The Hall–Kier alpha value is -2.15. The van der Waals surface area contributed by atoms with Gasteiger partial charge < -0.3 is 4.90 Å². The first kappa shape index (κ1) is 19.2. The molecule has 5 nitrogen and oxygen atoms in total. The van der Waals surface area contributed by atoms with Crippen LogP contribution >= 0.6 is 23.4 Å². The molecule has 0 spiro atoms. The van der Waals surface area contributed by atoms with Gasteiger partial charge in [-0.1, -0.05) is 41.9 Å². The normalized spacial score (nSPS) is 15.0. The van der Waals surface area contributed by atoms with Crippen LogP contribution in [-0.4, -0.2) is 46.0 Å². The smallest absolute Gasteiger partial charge is 0.148 e. The van der Waals surface area contributed by atoms with E-state index in [1.807, 2.05) is 30.6 Å². The lowest BCUT2D eigenvalue weighted by molar-refractivity contribution is 0.246. The minimum Gasteiger partial charge on any atom is -0.353 e. The SMILES string of the molecule is Clc1ccc(CN2CCN(c3cncc(SCc4ccccc4)n3)CC2)nc1. The molecule has 7 heteroatoms. The van der Waals surface area contributed by atoms with Gasteiger partial charge in [0.1, 0.15) is 10.8 Å². The maximum Gasteiger partial charge on any atom is 0.148 e. The molecule has 2 aromatic heterocycles. The number of thioether (sulfide) groups is 1. The minimum atomic E-state index is 0.678. The average Bonchev–Trinajstić information content (AvgIpc) is 2.75. The Balaban J connectivity index is 1.31. The van der Waals surface area contributed by atoms with E-state index in [-0.39, 0.29) is 0 Å². The third kappa shape index (κ3) is 5.22. The molecule has 3 heterocycles. The summed E-state index contributed by atoms with van der Waals surface area (Å²) in [5.41, 5.74) is 2.35. The molecule has 0 atom stereocenters. The number of piperazine rings is 1. The van der Waals surface area contributed by atoms with Crippen molar-refractivity contribution in [1.82, 2.24) is 19.9 Å². The number of hydrogen-bond donors (Lipinski definition) is 0. The van der Waals surface area contributed by atoms with E-state index >= 15 is 0 Å². The monoisotopic (exact) mass is 411 g/mol. The van der Waals surface area contributed by atoms with Crippen molar-refractivity contribution in [2.75, 3.05) is 31.1 Å². The van der Waals surface area contributed by atoms with Crippen molar-refractivity contribution in [3.8, 4) is 0 Å². The lowest BCUT2D eigenvalue weighted by Gasteiger charge is -2.35. The van der Waals surface area contributed by atoms with Crippen molar-refractivity contribution in [3.63, 3.8) is 0 Å². The van der Waals surface area contributed by atoms with Crippen LogP contribution in [0.25, 0.3) is 0 Å². The van der Waals surface area contributed by atoms with Crippen LogP contribution in [-0.2, 0) is 12.3 Å². The van der Waals surface area contributed by atoms with Crippen molar-refractivity contribution in [2.45, 2.75) is 17.3 Å². The van der Waals surface area contributed by atoms with Crippen LogP contribution in [0.15, 0.2) is 66.1 Å². The summed E-state index contributed by atoms with van der Waals surface area (Å²) >= 11 is 7.64. The molecule has 1 aromatic carbocycles. The molecule has 1 fully saturated rings. The van der Waals surface area contributed by atoms with Crippen LogP contribution in [0, 0.1) is 0 Å². The van der Waals surface area contributed by atoms with Crippen molar-refractivity contribution < 1.29 is 0 Å². The Labute approximate surface area is 174 Å². The number of benzene rings is 1. The van der Waals surface area contributed by atoms with Crippen LogP contribution in [0.1, 0.15) is 11.3 Å². The number of halogens is 1. The summed E-state index contributed by atoms with van der Waals surface area (Å²) in [5.74, 6) is 1.86. The second kappa shape index (κ2) is 9.37. The summed E-state index contributed by atoms with van der Waals surface area (Å²) in [6.07, 6.45) is 5.42. The fourth-order valence-electron chi connectivity index (χ4n) is 3.16. The Morgan fingerprint density at radius 3 is 2.50 bits per heavy atom. The van der Waals surface area contributed by atoms with Gasteiger partial charge in [-0.15, -0.1) is 11.8 Å². The van der Waals surface area contributed by atoms with E-state index in [1.165, 1.54) is 5.56 Å². The van der Waals surface area contributed by atoms with E-state index in [1.54, 1.807) is 18.0 Å². The first-order chi connectivity index (χ1) is 13.8. The Morgan fingerprint density at radius 2 is 1.75 bits per heavy atom. The van der Waals surface area contributed by atoms with Gasteiger partial charge in [0.25, 0.3) is 0 Å². The van der Waals surface area contributed by atoms with Crippen molar-refractivity contribution in [1.29, 1.82) is 0 Å². The Morgan fingerprint density at radius 1 is 0.929 bits per heavy atom. The molecule has 0 bridgehead atoms. The molecule has 1 aliphatic heterocycles. The first-order valence-electron chi connectivity index (χ1n) is 9.33. The summed E-state index contributed by atoms with van der Waals surface area (Å²) in [6, 6.07) is 14.3. The summed E-state index contributed by atoms with van der Waals surface area (Å²) in [7, 11) is 0. The zero-order chi connectivity index (χ0) is 19.2. The van der Waals surface area contributed by atoms with Gasteiger partial charge in [-0.25, -0.2) is 4.98 Å². The van der Waals surface area contributed by atoms with Crippen molar-refractivity contribution in [3.05, 3.63) is 77.3 Å². The van der Waals surface area contributed by atoms with E-state index < -0.39 is 0 Å². The predicted octanol–water partition coefficient (Wildman–Crippen LogP) is 4.14. The third-order valence-corrected chi connectivity index (χ3v) is 5.89. The lowest BCUT2D eigenvalue weighted by Crippen LogP contribution is -2.46. The molecule has 0 saturated carbocycles. The van der Waals surface area contributed by atoms with Gasteiger partial charge in [-0.3, -0.25) is 14.9 Å². The predicted molar refractivity (Wildman–Crippen MR) is 115 cm³/mol. The molecule has 0 N–H and O–H groups in total. The average molecular weight is 412 g/mol. The highest BCUT2D eigenvalue weighted by Gasteiger charge is 2.19. The van der Waals surface area contributed by atoms with Gasteiger partial charge in [0, 0.05) is 44.7 Å². The van der Waals surface area contributed by atoms with Gasteiger partial charge in [0.2, 0.25) is 0 Å². The molecule has 0 radical (unpaired) electrons. The topological polar surface area (TPSA) is 45.2 Å². The van der Waals surface area contributed by atoms with Gasteiger partial charge in [-0.05, 0) is 17.7 Å². The molecule has 0 unspecified atom stereocenters. The molecule has 0 aliphatic carbocycles. The molecule has 3 aromatic rings. The maximum atomic E-state index is 5.91. The number of hydrogen-bond acceptors (Lipinski definition) is 6. The van der Waals surface area contributed by atoms with E-state index in [9.17, 15) is 0 Å². The molecule has 4 rings (SSSR count). The fourth-order valence-corrected chi connectivity index (χ4v) is 4.07. The van der Waals surface area contributed by atoms with E-state index in [0.717, 1.165) is 55.0 Å². The Bertz CT molecular complexity index is 883. The summed E-state index contributed by atoms with van der Waals surface area (Å²) < 4.78 is 0. The second-order valence-corrected chi connectivity index (χ2v) is 8.15. The highest BCUT2D eigenvalue weighted by molar-refractivity contribution is 7.98. The highest BCUT2D eigenvalue weighted by atomic mass is 35.5. The molecule has 1 saturated heterocycles. The number of rotatable bonds is 6. The summed E-state index contributed by atoms with van der Waals surface area (Å²) in [4.78, 5) is 18.3. The molecule has 144 valence electrons. The lowest BCUT2D eigenvalue weighted by atomic mass is 10.2. The molecule has 28 heavy (non-hydrogen) atoms. The van der Waals surface area contributed by atoms with Crippen molar-refractivity contribution in [2.24, 2.45) is 0 Å². The quantitative estimate of drug-likeness (QED) is 0.568. The fraction of sp³-hybridized carbons (Fsp3) is 0.286. The summed E-state index contributed by atoms with van der Waals surface area (Å²) in [5, 5.41) is 1.64. The van der Waals surface area contributed by atoms with Gasteiger partial charge in [0.05, 0.1) is 23.1 Å². The van der Waals surface area contributed by atoms with E-state index in [2.05, 4.69) is 44.0 Å². The van der Waals surface area contributed by atoms with Gasteiger partial charge in [0.15, 0.2) is 0 Å². The van der Waals surface area contributed by atoms with Gasteiger partial charge in [-0.2, -0.15) is 0 Å². The minimum absolute atomic E-state index is 0.678. The number of nitrogens with zero attached hydrogens (tertiary/aromatic N) is 5. The standard InChI is InChI=1S/C21H22ClN5S/c22-18-6-7-19(24-12-18)15-26-8-10-27(11-9-26)20-13-23-14-21(25-20)28-16-17-4-2-1-3-5-17/h1-7,12-14H,8-11,15-16H2. The molecular formula is C21H22ClN5S. The van der Waals surface area contributed by atoms with E-state index in [0.29, 0.717) is 5.02 Å². The zero-order valence-corrected chi connectivity index (χ0v) is 17.1. The summed E-state index contributed by atoms with van der Waals surface area (Å²) in [6.45, 7) is 4.69. The largest absolute Gasteiger partial charge is 0.353 e. The van der Waals surface area contributed by atoms with Crippen molar-refractivity contribution >= 4 is 29.2 Å². The Kier molecular flexibility index (Phi) is 6.41. The second-order valence-electron chi connectivity index (χ2n) is 6.72. The zero-order valence-electron chi connectivity index (χ0n) is 15.5. The number of aromatic nitrogens is 3. The molecule has 0 amide bonds. The highest BCUT2D eigenvalue weighted by Crippen LogP contribution is 2.23. The van der Waals surface area contributed by atoms with Crippen LogP contribution in [0.5, 0.6) is 0 Å². The van der Waals surface area contributed by atoms with Gasteiger partial charge >= 0.3 is 0 Å².